The molecule has 0 aromatic carbocycles. The summed E-state index contributed by atoms with van der Waals surface area (Å²) in [7, 11) is 0. The molecule has 2 atom stereocenters. The SMILES string of the molecule is Cc1noc(C)c1C(=O)N1CC(CN)CC1C. The summed E-state index contributed by atoms with van der Waals surface area (Å²) >= 11 is 0. The molecule has 1 amide bonds. The molecule has 94 valence electrons. The van der Waals surface area contributed by atoms with Crippen LogP contribution in [0.25, 0.3) is 0 Å². The van der Waals surface area contributed by atoms with Crippen LogP contribution in [0.5, 0.6) is 0 Å². The monoisotopic (exact) mass is 237 g/mol. The van der Waals surface area contributed by atoms with Crippen molar-refractivity contribution in [1.29, 1.82) is 0 Å². The van der Waals surface area contributed by atoms with Gasteiger partial charge in [0.1, 0.15) is 11.3 Å². The number of carbonyl (C=O) groups excluding carboxylic acids is 1. The first-order chi connectivity index (χ1) is 8.04. The number of rotatable bonds is 2. The van der Waals surface area contributed by atoms with E-state index in [1.807, 2.05) is 4.90 Å². The van der Waals surface area contributed by atoms with Crippen LogP contribution in [0.4, 0.5) is 0 Å². The highest BCUT2D eigenvalue weighted by Crippen LogP contribution is 2.26. The first kappa shape index (κ1) is 12.1. The molecule has 0 bridgehead atoms. The maximum absolute atomic E-state index is 12.4. The smallest absolute Gasteiger partial charge is 0.259 e. The summed E-state index contributed by atoms with van der Waals surface area (Å²) in [6.45, 7) is 7.00. The summed E-state index contributed by atoms with van der Waals surface area (Å²) in [6, 6.07) is 0.241. The predicted molar refractivity (Wildman–Crippen MR) is 63.6 cm³/mol. The van der Waals surface area contributed by atoms with Crippen LogP contribution >= 0.6 is 0 Å². The molecule has 2 heterocycles. The van der Waals surface area contributed by atoms with Crippen LogP contribution in [-0.2, 0) is 0 Å². The molecular weight excluding hydrogens is 218 g/mol. The quantitative estimate of drug-likeness (QED) is 0.836. The molecule has 1 saturated heterocycles. The summed E-state index contributed by atoms with van der Waals surface area (Å²) in [5.41, 5.74) is 6.94. The molecule has 2 rings (SSSR count). The molecule has 0 saturated carbocycles. The lowest BCUT2D eigenvalue weighted by molar-refractivity contribution is 0.0741. The van der Waals surface area contributed by atoms with E-state index in [1.165, 1.54) is 0 Å². The standard InChI is InChI=1S/C12H19N3O2/c1-7-4-10(5-13)6-15(7)12(16)11-8(2)14-17-9(11)3/h7,10H,4-6,13H2,1-3H3. The normalized spacial score (nSPS) is 24.4. The summed E-state index contributed by atoms with van der Waals surface area (Å²) in [6.07, 6.45) is 0.978. The van der Waals surface area contributed by atoms with Crippen molar-refractivity contribution >= 4 is 5.91 Å². The highest BCUT2D eigenvalue weighted by Gasteiger charge is 2.34. The van der Waals surface area contributed by atoms with E-state index in [-0.39, 0.29) is 11.9 Å². The fourth-order valence-electron chi connectivity index (χ4n) is 2.53. The van der Waals surface area contributed by atoms with Crippen molar-refractivity contribution in [2.45, 2.75) is 33.2 Å². The number of nitrogens with zero attached hydrogens (tertiary/aromatic N) is 2. The van der Waals surface area contributed by atoms with Gasteiger partial charge in [-0.05, 0) is 39.7 Å². The molecule has 1 aliphatic rings. The molecule has 0 aliphatic carbocycles. The predicted octanol–water partition coefficient (Wildman–Crippen LogP) is 1.10. The molecule has 2 unspecified atom stereocenters. The van der Waals surface area contributed by atoms with Crippen molar-refractivity contribution in [2.75, 3.05) is 13.1 Å². The zero-order chi connectivity index (χ0) is 12.6. The molecule has 1 aromatic heterocycles. The molecule has 5 heteroatoms. The van der Waals surface area contributed by atoms with Gasteiger partial charge in [-0.3, -0.25) is 4.79 Å². The van der Waals surface area contributed by atoms with Crippen molar-refractivity contribution in [3.63, 3.8) is 0 Å². The van der Waals surface area contributed by atoms with E-state index in [1.54, 1.807) is 13.8 Å². The van der Waals surface area contributed by atoms with E-state index in [0.29, 0.717) is 29.5 Å². The molecule has 0 spiro atoms. The Morgan fingerprint density at radius 3 is 2.76 bits per heavy atom. The van der Waals surface area contributed by atoms with Crippen molar-refractivity contribution in [1.82, 2.24) is 10.1 Å². The van der Waals surface area contributed by atoms with Gasteiger partial charge >= 0.3 is 0 Å². The summed E-state index contributed by atoms with van der Waals surface area (Å²) in [4.78, 5) is 14.3. The second-order valence-corrected chi connectivity index (χ2v) is 4.84. The van der Waals surface area contributed by atoms with E-state index in [4.69, 9.17) is 10.3 Å². The van der Waals surface area contributed by atoms with Gasteiger partial charge in [-0.1, -0.05) is 5.16 Å². The van der Waals surface area contributed by atoms with Crippen molar-refractivity contribution in [3.05, 3.63) is 17.0 Å². The molecule has 5 nitrogen and oxygen atoms in total. The lowest BCUT2D eigenvalue weighted by atomic mass is 10.1. The Morgan fingerprint density at radius 2 is 2.29 bits per heavy atom. The Morgan fingerprint density at radius 1 is 1.59 bits per heavy atom. The number of likely N-dealkylation sites (tertiary alicyclic amines) is 1. The van der Waals surface area contributed by atoms with Crippen LogP contribution in [0.3, 0.4) is 0 Å². The molecule has 0 radical (unpaired) electrons. The zero-order valence-electron chi connectivity index (χ0n) is 10.6. The van der Waals surface area contributed by atoms with Gasteiger partial charge in [0.25, 0.3) is 5.91 Å². The Kier molecular flexibility index (Phi) is 3.19. The number of aromatic nitrogens is 1. The third kappa shape index (κ3) is 2.07. The maximum atomic E-state index is 12.4. The number of carbonyl (C=O) groups is 1. The maximum Gasteiger partial charge on any atom is 0.259 e. The van der Waals surface area contributed by atoms with E-state index in [9.17, 15) is 4.79 Å². The minimum atomic E-state index is 0.0182. The van der Waals surface area contributed by atoms with Gasteiger partial charge in [-0.2, -0.15) is 0 Å². The van der Waals surface area contributed by atoms with Crippen LogP contribution < -0.4 is 5.73 Å². The lowest BCUT2D eigenvalue weighted by Crippen LogP contribution is -2.35. The van der Waals surface area contributed by atoms with Crippen molar-refractivity contribution < 1.29 is 9.32 Å². The fourth-order valence-corrected chi connectivity index (χ4v) is 2.53. The van der Waals surface area contributed by atoms with Gasteiger partial charge < -0.3 is 15.2 Å². The summed E-state index contributed by atoms with van der Waals surface area (Å²) < 4.78 is 5.04. The zero-order valence-corrected chi connectivity index (χ0v) is 10.6. The minimum Gasteiger partial charge on any atom is -0.361 e. The molecule has 1 aromatic rings. The molecular formula is C12H19N3O2. The lowest BCUT2D eigenvalue weighted by Gasteiger charge is -2.21. The van der Waals surface area contributed by atoms with Crippen LogP contribution in [0.2, 0.25) is 0 Å². The highest BCUT2D eigenvalue weighted by atomic mass is 16.5. The highest BCUT2D eigenvalue weighted by molar-refractivity contribution is 5.96. The Bertz CT molecular complexity index is 408. The topological polar surface area (TPSA) is 72.4 Å². The van der Waals surface area contributed by atoms with E-state index >= 15 is 0 Å². The van der Waals surface area contributed by atoms with Crippen LogP contribution in [0.1, 0.15) is 35.2 Å². The number of hydrogen-bond donors (Lipinski definition) is 1. The third-order valence-corrected chi connectivity index (χ3v) is 3.50. The van der Waals surface area contributed by atoms with Crippen LogP contribution in [-0.4, -0.2) is 35.1 Å². The first-order valence-electron chi connectivity index (χ1n) is 5.98. The minimum absolute atomic E-state index is 0.0182. The Balaban J connectivity index is 2.21. The van der Waals surface area contributed by atoms with Crippen molar-refractivity contribution in [3.8, 4) is 0 Å². The number of amides is 1. The number of hydrogen-bond acceptors (Lipinski definition) is 4. The number of nitrogens with two attached hydrogens (primary N) is 1. The van der Waals surface area contributed by atoms with E-state index in [0.717, 1.165) is 13.0 Å². The second-order valence-electron chi connectivity index (χ2n) is 4.84. The molecule has 17 heavy (non-hydrogen) atoms. The van der Waals surface area contributed by atoms with Gasteiger partial charge in [-0.25, -0.2) is 0 Å². The molecule has 2 N–H and O–H groups in total. The van der Waals surface area contributed by atoms with Gasteiger partial charge in [0.15, 0.2) is 0 Å². The molecule has 1 fully saturated rings. The fraction of sp³-hybridized carbons (Fsp3) is 0.667. The third-order valence-electron chi connectivity index (χ3n) is 3.50. The van der Waals surface area contributed by atoms with E-state index in [2.05, 4.69) is 12.1 Å². The Labute approximate surface area is 101 Å². The van der Waals surface area contributed by atoms with Crippen molar-refractivity contribution in [2.24, 2.45) is 11.7 Å². The molecule has 1 aliphatic heterocycles. The largest absolute Gasteiger partial charge is 0.361 e. The summed E-state index contributed by atoms with van der Waals surface area (Å²) in [5.74, 6) is 1.02. The van der Waals surface area contributed by atoms with Gasteiger partial charge in [0.2, 0.25) is 0 Å². The average Bonchev–Trinajstić information content (AvgIpc) is 2.82. The second kappa shape index (κ2) is 4.49. The average molecular weight is 237 g/mol. The Hall–Kier alpha value is -1.36. The van der Waals surface area contributed by atoms with Crippen LogP contribution in [0, 0.1) is 19.8 Å². The van der Waals surface area contributed by atoms with Gasteiger partial charge in [0.05, 0.1) is 5.69 Å². The van der Waals surface area contributed by atoms with Crippen LogP contribution in [0.15, 0.2) is 4.52 Å². The van der Waals surface area contributed by atoms with Gasteiger partial charge in [0, 0.05) is 12.6 Å². The summed E-state index contributed by atoms with van der Waals surface area (Å²) in [5, 5.41) is 3.83. The first-order valence-corrected chi connectivity index (χ1v) is 5.98. The number of aryl methyl sites for hydroxylation is 2. The van der Waals surface area contributed by atoms with E-state index < -0.39 is 0 Å². The van der Waals surface area contributed by atoms with Gasteiger partial charge in [-0.15, -0.1) is 0 Å².